The van der Waals surface area contributed by atoms with Gasteiger partial charge in [-0.25, -0.2) is 0 Å². The van der Waals surface area contributed by atoms with Gasteiger partial charge in [0.15, 0.2) is 5.05 Å². The number of hydrogen-bond acceptors (Lipinski definition) is 3. The molecule has 1 unspecified atom stereocenters. The molecule has 4 heteroatoms. The summed E-state index contributed by atoms with van der Waals surface area (Å²) in [4.78, 5) is 1.91. The standard InChI is InChI=1S/C7H11NOS2/c1-4(2)5-6(10)9-7(11)8(5)3/h4-5H,1-3H3. The summed E-state index contributed by atoms with van der Waals surface area (Å²) in [6, 6.07) is 0.178. The summed E-state index contributed by atoms with van der Waals surface area (Å²) in [5.41, 5.74) is 0. The Hall–Kier alpha value is -0.220. The van der Waals surface area contributed by atoms with Gasteiger partial charge in [-0.05, 0) is 30.4 Å². The molecule has 1 aliphatic heterocycles. The van der Waals surface area contributed by atoms with Crippen LogP contribution in [0.5, 0.6) is 0 Å². The molecule has 11 heavy (non-hydrogen) atoms. The molecular weight excluding hydrogens is 178 g/mol. The molecule has 62 valence electrons. The van der Waals surface area contributed by atoms with E-state index in [-0.39, 0.29) is 6.04 Å². The van der Waals surface area contributed by atoms with Crippen molar-refractivity contribution in [1.29, 1.82) is 0 Å². The quantitative estimate of drug-likeness (QED) is 0.580. The van der Waals surface area contributed by atoms with Crippen LogP contribution in [0, 0.1) is 5.92 Å². The Balaban J connectivity index is 2.79. The average Bonchev–Trinajstić information content (AvgIpc) is 2.07. The van der Waals surface area contributed by atoms with Gasteiger partial charge in [-0.1, -0.05) is 13.8 Å². The molecule has 0 bridgehead atoms. The normalized spacial score (nSPS) is 24.7. The van der Waals surface area contributed by atoms with Crippen LogP contribution < -0.4 is 0 Å². The Kier molecular flexibility index (Phi) is 2.44. The molecule has 0 aromatic rings. The Labute approximate surface area is 77.5 Å². The molecule has 0 N–H and O–H groups in total. The van der Waals surface area contributed by atoms with Crippen LogP contribution in [0.1, 0.15) is 13.8 Å². The minimum absolute atomic E-state index is 0.178. The van der Waals surface area contributed by atoms with Crippen LogP contribution in [0.3, 0.4) is 0 Å². The highest BCUT2D eigenvalue weighted by Gasteiger charge is 2.34. The third kappa shape index (κ3) is 1.51. The SMILES string of the molecule is CC(C)C1C(=S)OC(=S)N1C. The third-order valence-electron chi connectivity index (χ3n) is 1.77. The molecule has 0 saturated carbocycles. The lowest BCUT2D eigenvalue weighted by molar-refractivity contribution is 0.380. The van der Waals surface area contributed by atoms with E-state index in [4.69, 9.17) is 29.2 Å². The van der Waals surface area contributed by atoms with Gasteiger partial charge in [0.2, 0.25) is 0 Å². The lowest BCUT2D eigenvalue weighted by atomic mass is 10.1. The topological polar surface area (TPSA) is 12.5 Å². The molecule has 1 fully saturated rings. The molecule has 1 saturated heterocycles. The Morgan fingerprint density at radius 1 is 1.45 bits per heavy atom. The summed E-state index contributed by atoms with van der Waals surface area (Å²) >= 11 is 9.95. The Morgan fingerprint density at radius 2 is 2.00 bits per heavy atom. The molecule has 1 aliphatic rings. The van der Waals surface area contributed by atoms with Crippen molar-refractivity contribution in [2.75, 3.05) is 7.05 Å². The van der Waals surface area contributed by atoms with E-state index in [1.165, 1.54) is 0 Å². The van der Waals surface area contributed by atoms with E-state index in [0.717, 1.165) is 0 Å². The maximum atomic E-state index is 5.14. The molecular formula is C7H11NOS2. The molecule has 0 aromatic carbocycles. The van der Waals surface area contributed by atoms with E-state index < -0.39 is 0 Å². The number of likely N-dealkylation sites (N-methyl/N-ethyl adjacent to an activating group) is 1. The fourth-order valence-electron chi connectivity index (χ4n) is 1.21. The van der Waals surface area contributed by atoms with Gasteiger partial charge in [-0.3, -0.25) is 0 Å². The largest absolute Gasteiger partial charge is 0.422 e. The minimum Gasteiger partial charge on any atom is -0.422 e. The van der Waals surface area contributed by atoms with Gasteiger partial charge >= 0.3 is 0 Å². The molecule has 1 rings (SSSR count). The summed E-state index contributed by atoms with van der Waals surface area (Å²) < 4.78 is 5.14. The van der Waals surface area contributed by atoms with Crippen LogP contribution >= 0.6 is 24.4 Å². The number of ether oxygens (including phenoxy) is 1. The van der Waals surface area contributed by atoms with Crippen molar-refractivity contribution in [3.05, 3.63) is 0 Å². The van der Waals surface area contributed by atoms with Gasteiger partial charge in [0.05, 0.1) is 0 Å². The summed E-state index contributed by atoms with van der Waals surface area (Å²) in [6.07, 6.45) is 0. The zero-order valence-corrected chi connectivity index (χ0v) is 8.46. The molecule has 0 aliphatic carbocycles. The predicted molar refractivity (Wildman–Crippen MR) is 52.7 cm³/mol. The first-order valence-corrected chi connectivity index (χ1v) is 4.34. The smallest absolute Gasteiger partial charge is 0.265 e. The maximum absolute atomic E-state index is 5.14. The molecule has 0 radical (unpaired) electrons. The summed E-state index contributed by atoms with van der Waals surface area (Å²) in [7, 11) is 1.91. The van der Waals surface area contributed by atoms with E-state index in [1.54, 1.807) is 0 Å². The van der Waals surface area contributed by atoms with Crippen LogP contribution in [0.15, 0.2) is 0 Å². The van der Waals surface area contributed by atoms with Crippen LogP contribution in [0.4, 0.5) is 0 Å². The average molecular weight is 189 g/mol. The van der Waals surface area contributed by atoms with Gasteiger partial charge in [0.25, 0.3) is 5.17 Å². The minimum atomic E-state index is 0.178. The van der Waals surface area contributed by atoms with Crippen LogP contribution in [-0.4, -0.2) is 28.2 Å². The molecule has 1 atom stereocenters. The molecule has 2 nitrogen and oxygen atoms in total. The van der Waals surface area contributed by atoms with Crippen LogP contribution in [0.25, 0.3) is 0 Å². The molecule has 0 aromatic heterocycles. The lowest BCUT2D eigenvalue weighted by Gasteiger charge is -2.19. The third-order valence-corrected chi connectivity index (χ3v) is 2.46. The second-order valence-corrected chi connectivity index (χ2v) is 3.74. The van der Waals surface area contributed by atoms with Crippen molar-refractivity contribution in [3.8, 4) is 0 Å². The number of nitrogens with zero attached hydrogens (tertiary/aromatic N) is 1. The Bertz CT molecular complexity index is 203. The van der Waals surface area contributed by atoms with Gasteiger partial charge in [-0.15, -0.1) is 0 Å². The second kappa shape index (κ2) is 3.03. The number of thiocarbonyl (C=S) groups is 2. The van der Waals surface area contributed by atoms with Gasteiger partial charge in [0.1, 0.15) is 6.04 Å². The highest BCUT2D eigenvalue weighted by atomic mass is 32.1. The van der Waals surface area contributed by atoms with Gasteiger partial charge < -0.3 is 9.64 Å². The first-order chi connectivity index (χ1) is 5.04. The van der Waals surface area contributed by atoms with Crippen molar-refractivity contribution in [3.63, 3.8) is 0 Å². The monoisotopic (exact) mass is 189 g/mol. The van der Waals surface area contributed by atoms with Crippen molar-refractivity contribution >= 4 is 34.7 Å². The van der Waals surface area contributed by atoms with E-state index in [9.17, 15) is 0 Å². The highest BCUT2D eigenvalue weighted by Crippen LogP contribution is 2.19. The molecule has 0 spiro atoms. The zero-order chi connectivity index (χ0) is 8.59. The lowest BCUT2D eigenvalue weighted by Crippen LogP contribution is -2.34. The first-order valence-electron chi connectivity index (χ1n) is 3.52. The molecule has 0 amide bonds. The maximum Gasteiger partial charge on any atom is 0.265 e. The van der Waals surface area contributed by atoms with Crippen molar-refractivity contribution < 1.29 is 4.74 Å². The Morgan fingerprint density at radius 3 is 2.18 bits per heavy atom. The van der Waals surface area contributed by atoms with Gasteiger partial charge in [0, 0.05) is 7.05 Å². The number of hydrogen-bond donors (Lipinski definition) is 0. The van der Waals surface area contributed by atoms with E-state index in [1.807, 2.05) is 11.9 Å². The summed E-state index contributed by atoms with van der Waals surface area (Å²) in [5, 5.41) is 1.10. The summed E-state index contributed by atoms with van der Waals surface area (Å²) in [5.74, 6) is 0.452. The van der Waals surface area contributed by atoms with Crippen LogP contribution in [0.2, 0.25) is 0 Å². The van der Waals surface area contributed by atoms with Gasteiger partial charge in [-0.2, -0.15) is 0 Å². The predicted octanol–water partition coefficient (Wildman–Crippen LogP) is 1.59. The number of rotatable bonds is 1. The fraction of sp³-hybridized carbons (Fsp3) is 0.714. The van der Waals surface area contributed by atoms with E-state index >= 15 is 0 Å². The van der Waals surface area contributed by atoms with E-state index in [0.29, 0.717) is 16.1 Å². The molecule has 1 heterocycles. The second-order valence-electron chi connectivity index (χ2n) is 2.99. The fourth-order valence-corrected chi connectivity index (χ4v) is 1.97. The van der Waals surface area contributed by atoms with Crippen molar-refractivity contribution in [2.24, 2.45) is 5.92 Å². The zero-order valence-electron chi connectivity index (χ0n) is 6.83. The first kappa shape index (κ1) is 8.87. The van der Waals surface area contributed by atoms with Crippen molar-refractivity contribution in [1.82, 2.24) is 4.90 Å². The van der Waals surface area contributed by atoms with Crippen LogP contribution in [-0.2, 0) is 4.74 Å². The van der Waals surface area contributed by atoms with Crippen molar-refractivity contribution in [2.45, 2.75) is 19.9 Å². The highest BCUT2D eigenvalue weighted by molar-refractivity contribution is 7.81. The summed E-state index contributed by atoms with van der Waals surface area (Å²) in [6.45, 7) is 4.20. The van der Waals surface area contributed by atoms with E-state index in [2.05, 4.69) is 13.8 Å².